The quantitative estimate of drug-likeness (QED) is 0.865. The van der Waals surface area contributed by atoms with Gasteiger partial charge in [0.1, 0.15) is 0 Å². The summed E-state index contributed by atoms with van der Waals surface area (Å²) in [4.78, 5) is 12.8. The van der Waals surface area contributed by atoms with Crippen molar-refractivity contribution in [2.45, 2.75) is 51.5 Å². The van der Waals surface area contributed by atoms with Gasteiger partial charge in [-0.2, -0.15) is 5.10 Å². The highest BCUT2D eigenvalue weighted by molar-refractivity contribution is 5.94. The number of benzene rings is 1. The van der Waals surface area contributed by atoms with Crippen LogP contribution in [0.4, 0.5) is 0 Å². The number of hydrogen-bond acceptors (Lipinski definition) is 3. The van der Waals surface area contributed by atoms with E-state index in [1.54, 1.807) is 0 Å². The van der Waals surface area contributed by atoms with Gasteiger partial charge in [0.05, 0.1) is 5.69 Å². The predicted octanol–water partition coefficient (Wildman–Crippen LogP) is 2.83. The molecular formula is C20H27ClN4O. The second-order valence-corrected chi connectivity index (χ2v) is 7.08. The minimum atomic E-state index is -0.0178. The van der Waals surface area contributed by atoms with E-state index in [1.165, 1.54) is 11.3 Å². The molecule has 1 saturated heterocycles. The van der Waals surface area contributed by atoms with Crippen molar-refractivity contribution in [1.82, 2.24) is 20.4 Å². The molecule has 1 unspecified atom stereocenters. The summed E-state index contributed by atoms with van der Waals surface area (Å²) in [5.41, 5.74) is 5.33. The van der Waals surface area contributed by atoms with Crippen LogP contribution in [0.2, 0.25) is 0 Å². The smallest absolute Gasteiger partial charge is 0.272 e. The van der Waals surface area contributed by atoms with Crippen molar-refractivity contribution < 1.29 is 4.79 Å². The number of fused-ring (bicyclic) bond motifs is 1. The maximum atomic E-state index is 12.8. The SMILES string of the molecule is CCc1ccc(-n2nc(C(=O)NC3CCCNC3)c3c2CCC3)cc1.Cl. The Balaban J connectivity index is 0.00000196. The van der Waals surface area contributed by atoms with Gasteiger partial charge in [0.25, 0.3) is 5.91 Å². The summed E-state index contributed by atoms with van der Waals surface area (Å²) in [7, 11) is 0. The van der Waals surface area contributed by atoms with E-state index in [2.05, 4.69) is 41.8 Å². The Bertz CT molecular complexity index is 763. The average molecular weight is 375 g/mol. The summed E-state index contributed by atoms with van der Waals surface area (Å²) in [6.45, 7) is 4.06. The monoisotopic (exact) mass is 374 g/mol. The lowest BCUT2D eigenvalue weighted by Crippen LogP contribution is -2.45. The van der Waals surface area contributed by atoms with Crippen LogP contribution in [-0.4, -0.2) is 34.8 Å². The van der Waals surface area contributed by atoms with E-state index < -0.39 is 0 Å². The number of hydrogen-bond donors (Lipinski definition) is 2. The first-order valence-corrected chi connectivity index (χ1v) is 9.48. The van der Waals surface area contributed by atoms with E-state index in [9.17, 15) is 4.79 Å². The van der Waals surface area contributed by atoms with Crippen molar-refractivity contribution in [3.63, 3.8) is 0 Å². The molecule has 6 heteroatoms. The fraction of sp³-hybridized carbons (Fsp3) is 0.500. The molecule has 26 heavy (non-hydrogen) atoms. The number of amides is 1. The number of rotatable bonds is 4. The molecule has 0 radical (unpaired) electrons. The third-order valence-corrected chi connectivity index (χ3v) is 5.37. The van der Waals surface area contributed by atoms with Crippen LogP contribution in [0, 0.1) is 0 Å². The molecule has 0 saturated carbocycles. The van der Waals surface area contributed by atoms with E-state index in [1.807, 2.05) is 4.68 Å². The van der Waals surface area contributed by atoms with Crippen LogP contribution in [0.3, 0.4) is 0 Å². The molecule has 1 aliphatic carbocycles. The van der Waals surface area contributed by atoms with Gasteiger partial charge in [0.15, 0.2) is 5.69 Å². The van der Waals surface area contributed by atoms with Gasteiger partial charge in [0.2, 0.25) is 0 Å². The fourth-order valence-electron chi connectivity index (χ4n) is 3.93. The van der Waals surface area contributed by atoms with Gasteiger partial charge in [-0.05, 0) is 62.8 Å². The Morgan fingerprint density at radius 1 is 1.27 bits per heavy atom. The molecule has 2 aliphatic rings. The third kappa shape index (κ3) is 3.64. The van der Waals surface area contributed by atoms with Crippen LogP contribution in [-0.2, 0) is 19.3 Å². The molecule has 1 aromatic carbocycles. The Morgan fingerprint density at radius 2 is 2.08 bits per heavy atom. The number of nitrogens with zero attached hydrogens (tertiary/aromatic N) is 2. The minimum Gasteiger partial charge on any atom is -0.347 e. The lowest BCUT2D eigenvalue weighted by Gasteiger charge is -2.23. The van der Waals surface area contributed by atoms with E-state index in [4.69, 9.17) is 5.10 Å². The lowest BCUT2D eigenvalue weighted by atomic mass is 10.1. The molecule has 1 aliphatic heterocycles. The zero-order valence-corrected chi connectivity index (χ0v) is 16.1. The standard InChI is InChI=1S/C20H26N4O.ClH/c1-2-14-8-10-16(11-9-14)24-18-7-3-6-17(18)19(23-24)20(25)22-15-5-4-12-21-13-15;/h8-11,15,21H,2-7,12-13H2,1H3,(H,22,25);1H. The Kier molecular flexibility index (Phi) is 5.99. The number of nitrogens with one attached hydrogen (secondary N) is 2. The summed E-state index contributed by atoms with van der Waals surface area (Å²) in [6, 6.07) is 8.72. The van der Waals surface area contributed by atoms with Crippen LogP contribution >= 0.6 is 12.4 Å². The van der Waals surface area contributed by atoms with Gasteiger partial charge < -0.3 is 10.6 Å². The normalized spacial score (nSPS) is 18.9. The number of piperidine rings is 1. The first kappa shape index (κ1) is 18.9. The molecule has 2 heterocycles. The Hall–Kier alpha value is -1.85. The van der Waals surface area contributed by atoms with Crippen molar-refractivity contribution in [2.24, 2.45) is 0 Å². The highest BCUT2D eigenvalue weighted by Gasteiger charge is 2.28. The van der Waals surface area contributed by atoms with Gasteiger partial charge in [-0.1, -0.05) is 19.1 Å². The van der Waals surface area contributed by atoms with Crippen molar-refractivity contribution >= 4 is 18.3 Å². The van der Waals surface area contributed by atoms with E-state index in [-0.39, 0.29) is 24.4 Å². The Morgan fingerprint density at radius 3 is 2.77 bits per heavy atom. The molecule has 0 spiro atoms. The van der Waals surface area contributed by atoms with Gasteiger partial charge >= 0.3 is 0 Å². The van der Waals surface area contributed by atoms with E-state index in [0.29, 0.717) is 5.69 Å². The summed E-state index contributed by atoms with van der Waals surface area (Å²) < 4.78 is 1.98. The van der Waals surface area contributed by atoms with Crippen LogP contribution < -0.4 is 10.6 Å². The molecule has 2 aromatic rings. The van der Waals surface area contributed by atoms with E-state index >= 15 is 0 Å². The van der Waals surface area contributed by atoms with Crippen LogP contribution in [0.1, 0.15) is 53.5 Å². The highest BCUT2D eigenvalue weighted by Crippen LogP contribution is 2.28. The maximum absolute atomic E-state index is 12.8. The Labute approximate surface area is 161 Å². The number of carbonyl (C=O) groups excluding carboxylic acids is 1. The summed E-state index contributed by atoms with van der Waals surface area (Å²) in [6.07, 6.45) is 6.23. The topological polar surface area (TPSA) is 59.0 Å². The second kappa shape index (κ2) is 8.23. The summed E-state index contributed by atoms with van der Waals surface area (Å²) in [5.74, 6) is -0.0178. The molecule has 140 valence electrons. The molecule has 4 rings (SSSR count). The van der Waals surface area contributed by atoms with Crippen molar-refractivity contribution in [3.8, 4) is 5.69 Å². The third-order valence-electron chi connectivity index (χ3n) is 5.37. The first-order valence-electron chi connectivity index (χ1n) is 9.48. The number of aryl methyl sites for hydroxylation is 1. The second-order valence-electron chi connectivity index (χ2n) is 7.08. The fourth-order valence-corrected chi connectivity index (χ4v) is 3.93. The highest BCUT2D eigenvalue weighted by atomic mass is 35.5. The number of halogens is 1. The lowest BCUT2D eigenvalue weighted by molar-refractivity contribution is 0.0924. The zero-order chi connectivity index (χ0) is 17.2. The molecule has 1 fully saturated rings. The van der Waals surface area contributed by atoms with Gasteiger partial charge in [0, 0.05) is 23.8 Å². The predicted molar refractivity (Wildman–Crippen MR) is 106 cm³/mol. The molecule has 2 N–H and O–H groups in total. The largest absolute Gasteiger partial charge is 0.347 e. The van der Waals surface area contributed by atoms with Gasteiger partial charge in [-0.3, -0.25) is 4.79 Å². The number of carbonyl (C=O) groups is 1. The molecular weight excluding hydrogens is 348 g/mol. The zero-order valence-electron chi connectivity index (χ0n) is 15.3. The van der Waals surface area contributed by atoms with Gasteiger partial charge in [-0.15, -0.1) is 12.4 Å². The van der Waals surface area contributed by atoms with Crippen molar-refractivity contribution in [2.75, 3.05) is 13.1 Å². The van der Waals surface area contributed by atoms with Crippen LogP contribution in [0.15, 0.2) is 24.3 Å². The molecule has 5 nitrogen and oxygen atoms in total. The summed E-state index contributed by atoms with van der Waals surface area (Å²) >= 11 is 0. The van der Waals surface area contributed by atoms with Crippen LogP contribution in [0.5, 0.6) is 0 Å². The molecule has 1 aromatic heterocycles. The van der Waals surface area contributed by atoms with Gasteiger partial charge in [-0.25, -0.2) is 4.68 Å². The summed E-state index contributed by atoms with van der Waals surface area (Å²) in [5, 5.41) is 11.2. The van der Waals surface area contributed by atoms with Crippen LogP contribution in [0.25, 0.3) is 5.69 Å². The number of aromatic nitrogens is 2. The van der Waals surface area contributed by atoms with Crippen molar-refractivity contribution in [3.05, 3.63) is 46.8 Å². The van der Waals surface area contributed by atoms with E-state index in [0.717, 1.165) is 62.9 Å². The first-order chi connectivity index (χ1) is 12.3. The average Bonchev–Trinajstić information content (AvgIpc) is 3.25. The molecule has 1 atom stereocenters. The molecule has 0 bridgehead atoms. The minimum absolute atomic E-state index is 0. The maximum Gasteiger partial charge on any atom is 0.272 e. The van der Waals surface area contributed by atoms with Crippen molar-refractivity contribution in [1.29, 1.82) is 0 Å². The molecule has 1 amide bonds.